The molecule has 0 amide bonds. The molecule has 0 radical (unpaired) electrons. The highest BCUT2D eigenvalue weighted by Crippen LogP contribution is 2.34. The van der Waals surface area contributed by atoms with E-state index in [4.69, 9.17) is 11.6 Å². The molecule has 3 heteroatoms. The predicted octanol–water partition coefficient (Wildman–Crippen LogP) is 6.16. The first-order valence-corrected chi connectivity index (χ1v) is 9.71. The Morgan fingerprint density at radius 2 is 1.69 bits per heavy atom. The Labute approximate surface area is 159 Å². The molecule has 1 aliphatic rings. The molecule has 0 unspecified atom stereocenters. The van der Waals surface area contributed by atoms with Gasteiger partial charge in [0.15, 0.2) is 0 Å². The van der Waals surface area contributed by atoms with E-state index in [1.807, 2.05) is 34.9 Å². The van der Waals surface area contributed by atoms with Crippen LogP contribution in [0, 0.1) is 0 Å². The van der Waals surface area contributed by atoms with E-state index in [2.05, 4.69) is 32.9 Å². The Hall–Kier alpha value is -2.06. The largest absolute Gasteiger partial charge is 0.280 e. The van der Waals surface area contributed by atoms with Gasteiger partial charge in [0.2, 0.25) is 0 Å². The van der Waals surface area contributed by atoms with Crippen molar-refractivity contribution >= 4 is 28.4 Å². The first-order valence-electron chi connectivity index (χ1n) is 9.33. The van der Waals surface area contributed by atoms with Crippen molar-refractivity contribution in [2.24, 2.45) is 0 Å². The Morgan fingerprint density at radius 1 is 1.00 bits per heavy atom. The summed E-state index contributed by atoms with van der Waals surface area (Å²) in [5.74, 6) is 0.0564. The number of carbonyl (C=O) groups is 1. The summed E-state index contributed by atoms with van der Waals surface area (Å²) in [6.45, 7) is 6.55. The van der Waals surface area contributed by atoms with Crippen molar-refractivity contribution in [1.29, 1.82) is 0 Å². The van der Waals surface area contributed by atoms with Crippen molar-refractivity contribution in [2.75, 3.05) is 0 Å². The smallest absolute Gasteiger partial charge is 0.262 e. The van der Waals surface area contributed by atoms with E-state index in [1.165, 1.54) is 23.2 Å². The maximum atomic E-state index is 13.4. The van der Waals surface area contributed by atoms with Crippen LogP contribution < -0.4 is 0 Å². The third-order valence-electron chi connectivity index (χ3n) is 5.43. The molecule has 1 aromatic heterocycles. The molecule has 4 rings (SSSR count). The van der Waals surface area contributed by atoms with Crippen LogP contribution >= 0.6 is 11.6 Å². The van der Waals surface area contributed by atoms with Crippen LogP contribution in [-0.2, 0) is 18.3 Å². The Balaban J connectivity index is 1.85. The standard InChI is InChI=1S/C23H24ClNO/c1-23(2,3)16-10-8-15(9-11-16)22(26)25-20-7-5-4-6-18(20)19-14-17(24)12-13-21(19)25/h8-14H,4-7H2,1-3H3. The topological polar surface area (TPSA) is 22.0 Å². The average molecular weight is 366 g/mol. The first-order chi connectivity index (χ1) is 12.4. The van der Waals surface area contributed by atoms with Crippen molar-refractivity contribution < 1.29 is 4.79 Å². The van der Waals surface area contributed by atoms with Gasteiger partial charge in [0.1, 0.15) is 0 Å². The van der Waals surface area contributed by atoms with Gasteiger partial charge < -0.3 is 0 Å². The molecule has 0 N–H and O–H groups in total. The zero-order valence-electron chi connectivity index (χ0n) is 15.6. The number of halogens is 1. The van der Waals surface area contributed by atoms with E-state index in [0.717, 1.165) is 40.8 Å². The second-order valence-electron chi connectivity index (χ2n) is 8.26. The summed E-state index contributed by atoms with van der Waals surface area (Å²) in [5, 5.41) is 1.86. The highest BCUT2D eigenvalue weighted by Gasteiger charge is 2.24. The Morgan fingerprint density at radius 3 is 2.38 bits per heavy atom. The van der Waals surface area contributed by atoms with Crippen LogP contribution in [0.15, 0.2) is 42.5 Å². The number of benzene rings is 2. The van der Waals surface area contributed by atoms with Crippen molar-refractivity contribution in [2.45, 2.75) is 51.9 Å². The number of rotatable bonds is 1. The van der Waals surface area contributed by atoms with Crippen LogP contribution in [0.2, 0.25) is 5.02 Å². The van der Waals surface area contributed by atoms with Gasteiger partial charge in [0, 0.05) is 21.7 Å². The minimum atomic E-state index is 0.0564. The summed E-state index contributed by atoms with van der Waals surface area (Å²) in [4.78, 5) is 13.4. The molecular formula is C23H24ClNO. The predicted molar refractivity (Wildman–Crippen MR) is 108 cm³/mol. The Kier molecular flexibility index (Phi) is 4.19. The minimum Gasteiger partial charge on any atom is -0.280 e. The lowest BCUT2D eigenvalue weighted by Gasteiger charge is -2.19. The average Bonchev–Trinajstić information content (AvgIpc) is 2.94. The quantitative estimate of drug-likeness (QED) is 0.506. The van der Waals surface area contributed by atoms with Crippen LogP contribution in [0.1, 0.15) is 60.8 Å². The molecular weight excluding hydrogens is 342 g/mol. The minimum absolute atomic E-state index is 0.0564. The fourth-order valence-corrected chi connectivity index (χ4v) is 4.16. The van der Waals surface area contributed by atoms with Gasteiger partial charge in [-0.15, -0.1) is 0 Å². The molecule has 0 bridgehead atoms. The molecule has 1 heterocycles. The number of fused-ring (bicyclic) bond motifs is 3. The zero-order valence-corrected chi connectivity index (χ0v) is 16.4. The molecule has 0 atom stereocenters. The Bertz CT molecular complexity index is 990. The number of hydrogen-bond donors (Lipinski definition) is 0. The summed E-state index contributed by atoms with van der Waals surface area (Å²) < 4.78 is 1.92. The summed E-state index contributed by atoms with van der Waals surface area (Å²) in [7, 11) is 0. The molecule has 0 saturated heterocycles. The summed E-state index contributed by atoms with van der Waals surface area (Å²) in [6.07, 6.45) is 4.28. The molecule has 3 aromatic rings. The number of carbonyl (C=O) groups excluding carboxylic acids is 1. The van der Waals surface area contributed by atoms with E-state index >= 15 is 0 Å². The van der Waals surface area contributed by atoms with Gasteiger partial charge in [0.05, 0.1) is 5.52 Å². The van der Waals surface area contributed by atoms with Crippen LogP contribution in [0.4, 0.5) is 0 Å². The lowest BCUT2D eigenvalue weighted by atomic mass is 9.86. The van der Waals surface area contributed by atoms with Crippen LogP contribution in [0.25, 0.3) is 10.9 Å². The summed E-state index contributed by atoms with van der Waals surface area (Å²) in [6, 6.07) is 13.9. The molecule has 0 fully saturated rings. The number of hydrogen-bond acceptors (Lipinski definition) is 1. The van der Waals surface area contributed by atoms with Gasteiger partial charge in [-0.05, 0) is 72.6 Å². The van der Waals surface area contributed by atoms with Crippen LogP contribution in [0.3, 0.4) is 0 Å². The van der Waals surface area contributed by atoms with Crippen LogP contribution in [0.5, 0.6) is 0 Å². The monoisotopic (exact) mass is 365 g/mol. The maximum absolute atomic E-state index is 13.4. The molecule has 2 aromatic carbocycles. The van der Waals surface area contributed by atoms with Gasteiger partial charge in [-0.25, -0.2) is 0 Å². The van der Waals surface area contributed by atoms with Gasteiger partial charge in [-0.3, -0.25) is 9.36 Å². The molecule has 134 valence electrons. The summed E-state index contributed by atoms with van der Waals surface area (Å²) >= 11 is 6.23. The molecule has 0 aliphatic heterocycles. The van der Waals surface area contributed by atoms with Crippen molar-refractivity contribution in [1.82, 2.24) is 4.57 Å². The normalized spacial score (nSPS) is 14.5. The van der Waals surface area contributed by atoms with E-state index in [-0.39, 0.29) is 11.3 Å². The second-order valence-corrected chi connectivity index (χ2v) is 8.70. The van der Waals surface area contributed by atoms with Crippen molar-refractivity contribution in [3.05, 3.63) is 69.9 Å². The van der Waals surface area contributed by atoms with Gasteiger partial charge in [-0.1, -0.05) is 44.5 Å². The number of aryl methyl sites for hydroxylation is 1. The van der Waals surface area contributed by atoms with Crippen molar-refractivity contribution in [3.8, 4) is 0 Å². The fourth-order valence-electron chi connectivity index (χ4n) is 3.99. The zero-order chi connectivity index (χ0) is 18.5. The van der Waals surface area contributed by atoms with E-state index in [1.54, 1.807) is 0 Å². The number of nitrogens with zero attached hydrogens (tertiary/aromatic N) is 1. The van der Waals surface area contributed by atoms with Gasteiger partial charge in [-0.2, -0.15) is 0 Å². The van der Waals surface area contributed by atoms with E-state index in [0.29, 0.717) is 0 Å². The maximum Gasteiger partial charge on any atom is 0.262 e. The molecule has 1 aliphatic carbocycles. The highest BCUT2D eigenvalue weighted by molar-refractivity contribution is 6.31. The van der Waals surface area contributed by atoms with Gasteiger partial charge >= 0.3 is 0 Å². The summed E-state index contributed by atoms with van der Waals surface area (Å²) in [5.41, 5.74) is 5.49. The number of aromatic nitrogens is 1. The molecule has 0 spiro atoms. The second kappa shape index (κ2) is 6.28. The first kappa shape index (κ1) is 17.4. The molecule has 26 heavy (non-hydrogen) atoms. The third-order valence-corrected chi connectivity index (χ3v) is 5.67. The van der Waals surface area contributed by atoms with Gasteiger partial charge in [0.25, 0.3) is 5.91 Å². The van der Waals surface area contributed by atoms with E-state index in [9.17, 15) is 4.79 Å². The SMILES string of the molecule is CC(C)(C)c1ccc(C(=O)n2c3c(c4cc(Cl)ccc42)CCCC3)cc1. The molecule has 2 nitrogen and oxygen atoms in total. The lowest BCUT2D eigenvalue weighted by molar-refractivity contribution is 0.0961. The van der Waals surface area contributed by atoms with Crippen LogP contribution in [-0.4, -0.2) is 10.5 Å². The van der Waals surface area contributed by atoms with E-state index < -0.39 is 0 Å². The molecule has 0 saturated carbocycles. The third kappa shape index (κ3) is 2.87. The lowest BCUT2D eigenvalue weighted by Crippen LogP contribution is -2.17. The highest BCUT2D eigenvalue weighted by atomic mass is 35.5. The fraction of sp³-hybridized carbons (Fsp3) is 0.348. The van der Waals surface area contributed by atoms with Crippen molar-refractivity contribution in [3.63, 3.8) is 0 Å².